The van der Waals surface area contributed by atoms with Gasteiger partial charge in [-0.1, -0.05) is 0 Å². The molecule has 7 heteroatoms. The van der Waals surface area contributed by atoms with Gasteiger partial charge in [0.2, 0.25) is 0 Å². The predicted molar refractivity (Wildman–Crippen MR) is 76.2 cm³/mol. The molecule has 0 aliphatic rings. The predicted octanol–water partition coefficient (Wildman–Crippen LogP) is 4.40. The Morgan fingerprint density at radius 2 is 2.18 bits per heavy atom. The van der Waals surface area contributed by atoms with Crippen LogP contribution in [0.15, 0.2) is 22.8 Å². The van der Waals surface area contributed by atoms with Crippen LogP contribution >= 0.6 is 49.9 Å². The second-order valence-corrected chi connectivity index (χ2v) is 7.02. The molecule has 2 nitrogen and oxygen atoms in total. The molecule has 0 saturated heterocycles. The molecule has 0 fully saturated rings. The van der Waals surface area contributed by atoms with Crippen LogP contribution < -0.4 is 5.32 Å². The molecule has 0 saturated carbocycles. The van der Waals surface area contributed by atoms with Crippen LogP contribution in [0.1, 0.15) is 5.01 Å². The zero-order chi connectivity index (χ0) is 12.4. The van der Waals surface area contributed by atoms with E-state index in [-0.39, 0.29) is 5.69 Å². The van der Waals surface area contributed by atoms with E-state index in [1.54, 1.807) is 6.20 Å². The second-order valence-electron chi connectivity index (χ2n) is 3.16. The second kappa shape index (κ2) is 5.57. The zero-order valence-corrected chi connectivity index (χ0v) is 12.9. The van der Waals surface area contributed by atoms with E-state index in [0.29, 0.717) is 11.0 Å². The van der Waals surface area contributed by atoms with Gasteiger partial charge in [0.15, 0.2) is 0 Å². The summed E-state index contributed by atoms with van der Waals surface area (Å²) < 4.78 is 27.8. The van der Waals surface area contributed by atoms with Crippen molar-refractivity contribution in [1.29, 1.82) is 0 Å². The van der Waals surface area contributed by atoms with Crippen LogP contribution in [-0.2, 0) is 6.54 Å². The third-order valence-electron chi connectivity index (χ3n) is 1.95. The van der Waals surface area contributed by atoms with Crippen molar-refractivity contribution in [1.82, 2.24) is 4.98 Å². The summed E-state index contributed by atoms with van der Waals surface area (Å²) in [5.74, 6) is -1.23. The molecule has 0 amide bonds. The lowest BCUT2D eigenvalue weighted by Crippen LogP contribution is -2.02. The lowest BCUT2D eigenvalue weighted by Gasteiger charge is -2.08. The highest BCUT2D eigenvalue weighted by atomic mass is 127. The first-order valence-corrected chi connectivity index (χ1v) is 7.23. The quantitative estimate of drug-likeness (QED) is 0.730. The minimum absolute atomic E-state index is 0.247. The minimum Gasteiger partial charge on any atom is -0.375 e. The van der Waals surface area contributed by atoms with Crippen LogP contribution in [0.2, 0.25) is 0 Å². The van der Waals surface area contributed by atoms with E-state index in [2.05, 4.69) is 48.8 Å². The Kier molecular flexibility index (Phi) is 4.31. The zero-order valence-electron chi connectivity index (χ0n) is 8.31. The summed E-state index contributed by atoms with van der Waals surface area (Å²) in [7, 11) is 0. The fourth-order valence-electron chi connectivity index (χ4n) is 1.24. The standard InChI is InChI=1S/C10H6BrF2IN2S/c11-6-1-5(12)2-7(13)10(6)16-4-9-15-3-8(14)17-9/h1-3,16H,4H2. The number of hydrogen-bond acceptors (Lipinski definition) is 3. The number of hydrogen-bond donors (Lipinski definition) is 1. The molecule has 0 atom stereocenters. The minimum atomic E-state index is -0.622. The van der Waals surface area contributed by atoms with Gasteiger partial charge in [-0.2, -0.15) is 0 Å². The van der Waals surface area contributed by atoms with E-state index in [4.69, 9.17) is 0 Å². The maximum absolute atomic E-state index is 13.5. The lowest BCUT2D eigenvalue weighted by molar-refractivity contribution is 0.583. The Balaban J connectivity index is 2.14. The van der Waals surface area contributed by atoms with Crippen LogP contribution in [0, 0.1) is 14.5 Å². The monoisotopic (exact) mass is 430 g/mol. The first-order chi connectivity index (χ1) is 8.06. The van der Waals surface area contributed by atoms with E-state index < -0.39 is 11.6 Å². The molecule has 0 aliphatic carbocycles. The summed E-state index contributed by atoms with van der Waals surface area (Å²) in [5, 5.41) is 3.75. The molecule has 0 unspecified atom stereocenters. The molecular weight excluding hydrogens is 425 g/mol. The Morgan fingerprint density at radius 1 is 1.41 bits per heavy atom. The summed E-state index contributed by atoms with van der Waals surface area (Å²) in [6, 6.07) is 2.07. The maximum atomic E-state index is 13.5. The summed E-state index contributed by atoms with van der Waals surface area (Å²) in [4.78, 5) is 4.14. The third kappa shape index (κ3) is 3.35. The number of anilines is 1. The van der Waals surface area contributed by atoms with E-state index in [0.717, 1.165) is 14.0 Å². The van der Waals surface area contributed by atoms with Crippen molar-refractivity contribution in [2.24, 2.45) is 0 Å². The summed E-state index contributed by atoms with van der Waals surface area (Å²) in [5.41, 5.74) is 0.247. The van der Waals surface area contributed by atoms with Gasteiger partial charge < -0.3 is 5.32 Å². The number of nitrogens with one attached hydrogen (secondary N) is 1. The highest BCUT2D eigenvalue weighted by Crippen LogP contribution is 2.27. The number of nitrogens with zero attached hydrogens (tertiary/aromatic N) is 1. The van der Waals surface area contributed by atoms with Crippen molar-refractivity contribution >= 4 is 55.5 Å². The van der Waals surface area contributed by atoms with Gasteiger partial charge in [-0.25, -0.2) is 13.8 Å². The highest BCUT2D eigenvalue weighted by molar-refractivity contribution is 14.1. The number of halogens is 4. The largest absolute Gasteiger partial charge is 0.375 e. The average molecular weight is 431 g/mol. The van der Waals surface area contributed by atoms with Crippen LogP contribution in [0.3, 0.4) is 0 Å². The van der Waals surface area contributed by atoms with E-state index in [9.17, 15) is 8.78 Å². The molecule has 0 bridgehead atoms. The van der Waals surface area contributed by atoms with Gasteiger partial charge in [-0.05, 0) is 44.6 Å². The molecule has 17 heavy (non-hydrogen) atoms. The van der Waals surface area contributed by atoms with Gasteiger partial charge in [0.1, 0.15) is 16.6 Å². The van der Waals surface area contributed by atoms with Gasteiger partial charge in [-0.15, -0.1) is 11.3 Å². The fraction of sp³-hybridized carbons (Fsp3) is 0.100. The Hall–Kier alpha value is -0.280. The Labute approximate surface area is 123 Å². The van der Waals surface area contributed by atoms with Crippen LogP contribution in [0.4, 0.5) is 14.5 Å². The molecule has 1 aromatic carbocycles. The molecule has 1 aromatic heterocycles. The first-order valence-electron chi connectivity index (χ1n) is 4.55. The highest BCUT2D eigenvalue weighted by Gasteiger charge is 2.10. The van der Waals surface area contributed by atoms with Gasteiger partial charge in [0.25, 0.3) is 0 Å². The van der Waals surface area contributed by atoms with Crippen LogP contribution in [0.25, 0.3) is 0 Å². The molecule has 1 heterocycles. The molecule has 1 N–H and O–H groups in total. The number of benzene rings is 1. The molecule has 2 aromatic rings. The van der Waals surface area contributed by atoms with E-state index >= 15 is 0 Å². The van der Waals surface area contributed by atoms with Crippen molar-refractivity contribution in [3.05, 3.63) is 42.3 Å². The summed E-state index contributed by atoms with van der Waals surface area (Å²) in [6.45, 7) is 0.412. The Bertz CT molecular complexity index is 524. The van der Waals surface area contributed by atoms with Gasteiger partial charge >= 0.3 is 0 Å². The molecule has 0 spiro atoms. The number of aromatic nitrogens is 1. The van der Waals surface area contributed by atoms with Gasteiger partial charge in [0.05, 0.1) is 21.3 Å². The van der Waals surface area contributed by atoms with Gasteiger partial charge in [-0.3, -0.25) is 0 Å². The Morgan fingerprint density at radius 3 is 2.76 bits per heavy atom. The normalized spacial score (nSPS) is 10.6. The van der Waals surface area contributed by atoms with Crippen molar-refractivity contribution in [3.8, 4) is 0 Å². The van der Waals surface area contributed by atoms with Crippen molar-refractivity contribution in [2.75, 3.05) is 5.32 Å². The maximum Gasteiger partial charge on any atom is 0.150 e. The van der Waals surface area contributed by atoms with Gasteiger partial charge in [0, 0.05) is 10.5 Å². The van der Waals surface area contributed by atoms with Crippen molar-refractivity contribution < 1.29 is 8.78 Å². The summed E-state index contributed by atoms with van der Waals surface area (Å²) in [6.07, 6.45) is 1.75. The topological polar surface area (TPSA) is 24.9 Å². The third-order valence-corrected chi connectivity index (χ3v) is 4.30. The molecule has 0 radical (unpaired) electrons. The smallest absolute Gasteiger partial charge is 0.150 e. The molecule has 0 aliphatic heterocycles. The van der Waals surface area contributed by atoms with E-state index in [1.807, 2.05) is 0 Å². The lowest BCUT2D eigenvalue weighted by atomic mass is 10.3. The molecule has 90 valence electrons. The summed E-state index contributed by atoms with van der Waals surface area (Å²) >= 11 is 6.81. The first kappa shape index (κ1) is 13.2. The molecular formula is C10H6BrF2IN2S. The van der Waals surface area contributed by atoms with Crippen LogP contribution in [0.5, 0.6) is 0 Å². The SMILES string of the molecule is Fc1cc(F)c(NCc2ncc(I)s2)c(Br)c1. The van der Waals surface area contributed by atoms with Crippen LogP contribution in [-0.4, -0.2) is 4.98 Å². The van der Waals surface area contributed by atoms with Crippen molar-refractivity contribution in [2.45, 2.75) is 6.54 Å². The van der Waals surface area contributed by atoms with Crippen molar-refractivity contribution in [3.63, 3.8) is 0 Å². The number of thiazole rings is 1. The van der Waals surface area contributed by atoms with E-state index in [1.165, 1.54) is 17.4 Å². The number of rotatable bonds is 3. The average Bonchev–Trinajstić information content (AvgIpc) is 2.62. The molecule has 2 rings (SSSR count). The fourth-order valence-corrected chi connectivity index (χ4v) is 3.28.